The third-order valence-corrected chi connectivity index (χ3v) is 3.26. The van der Waals surface area contributed by atoms with Crippen molar-refractivity contribution < 1.29 is 0 Å². The highest BCUT2D eigenvalue weighted by atomic mass is 79.9. The molecule has 0 saturated heterocycles. The Kier molecular flexibility index (Phi) is 4.15. The largest absolute Gasteiger partial charge is 0.326 e. The highest BCUT2D eigenvalue weighted by molar-refractivity contribution is 9.08. The van der Waals surface area contributed by atoms with Gasteiger partial charge in [-0.1, -0.05) is 40.2 Å². The number of pyridine rings is 1. The van der Waals surface area contributed by atoms with Gasteiger partial charge < -0.3 is 4.90 Å². The lowest BCUT2D eigenvalue weighted by Gasteiger charge is -2.24. The van der Waals surface area contributed by atoms with E-state index in [1.54, 1.807) is 0 Å². The van der Waals surface area contributed by atoms with E-state index in [0.29, 0.717) is 0 Å². The van der Waals surface area contributed by atoms with Gasteiger partial charge >= 0.3 is 0 Å². The van der Waals surface area contributed by atoms with Crippen LogP contribution in [-0.2, 0) is 5.33 Å². The number of aromatic nitrogens is 1. The van der Waals surface area contributed by atoms with Gasteiger partial charge in [-0.3, -0.25) is 0 Å². The summed E-state index contributed by atoms with van der Waals surface area (Å²) in [4.78, 5) is 6.71. The van der Waals surface area contributed by atoms with Crippen molar-refractivity contribution in [2.24, 2.45) is 0 Å². The zero-order valence-electron chi connectivity index (χ0n) is 9.81. The van der Waals surface area contributed by atoms with Crippen molar-refractivity contribution in [3.8, 4) is 0 Å². The van der Waals surface area contributed by atoms with Gasteiger partial charge in [-0.25, -0.2) is 4.98 Å². The molecule has 1 aromatic heterocycles. The molecule has 0 saturated carbocycles. The first-order valence-corrected chi connectivity index (χ1v) is 6.81. The number of benzene rings is 1. The van der Waals surface area contributed by atoms with Crippen LogP contribution in [0.3, 0.4) is 0 Å². The van der Waals surface area contributed by atoms with Crippen LogP contribution in [-0.4, -0.2) is 11.5 Å². The Balaban J connectivity index is 2.42. The Hall–Kier alpha value is -1.35. The zero-order valence-corrected chi connectivity index (χ0v) is 11.4. The molecule has 0 unspecified atom stereocenters. The molecule has 0 spiro atoms. The van der Waals surface area contributed by atoms with Crippen molar-refractivity contribution in [1.82, 2.24) is 4.98 Å². The second-order valence-electron chi connectivity index (χ2n) is 3.70. The van der Waals surface area contributed by atoms with Crippen LogP contribution in [0, 0.1) is 0 Å². The molecule has 2 rings (SSSR count). The van der Waals surface area contributed by atoms with E-state index in [4.69, 9.17) is 0 Å². The molecule has 0 radical (unpaired) electrons. The lowest BCUT2D eigenvalue weighted by Crippen LogP contribution is -2.18. The summed E-state index contributed by atoms with van der Waals surface area (Å²) in [7, 11) is 0. The van der Waals surface area contributed by atoms with Crippen molar-refractivity contribution >= 4 is 27.4 Å². The van der Waals surface area contributed by atoms with Crippen molar-refractivity contribution in [3.63, 3.8) is 0 Å². The molecule has 88 valence electrons. The Bertz CT molecular complexity index is 471. The van der Waals surface area contributed by atoms with Crippen molar-refractivity contribution in [3.05, 3.63) is 54.2 Å². The molecule has 0 aliphatic carbocycles. The van der Waals surface area contributed by atoms with Gasteiger partial charge in [0.15, 0.2) is 0 Å². The number of nitrogens with zero attached hydrogens (tertiary/aromatic N) is 2. The molecule has 0 aliphatic heterocycles. The van der Waals surface area contributed by atoms with Gasteiger partial charge in [0.2, 0.25) is 0 Å². The SMILES string of the molecule is CCN(c1ccccc1)c1ncccc1CBr. The van der Waals surface area contributed by atoms with E-state index < -0.39 is 0 Å². The van der Waals surface area contributed by atoms with Gasteiger partial charge in [-0.05, 0) is 25.1 Å². The van der Waals surface area contributed by atoms with Crippen LogP contribution in [0.4, 0.5) is 11.5 Å². The predicted molar refractivity (Wildman–Crippen MR) is 76.0 cm³/mol. The molecule has 1 aromatic carbocycles. The van der Waals surface area contributed by atoms with Gasteiger partial charge in [0.05, 0.1) is 0 Å². The topological polar surface area (TPSA) is 16.1 Å². The standard InChI is InChI=1S/C14H15BrN2/c1-2-17(13-8-4-3-5-9-13)14-12(11-15)7-6-10-16-14/h3-10H,2,11H2,1H3. The second kappa shape index (κ2) is 5.82. The van der Waals surface area contributed by atoms with Gasteiger partial charge in [0, 0.05) is 29.3 Å². The van der Waals surface area contributed by atoms with Gasteiger partial charge in [-0.2, -0.15) is 0 Å². The Morgan fingerprint density at radius 3 is 2.53 bits per heavy atom. The number of halogens is 1. The van der Waals surface area contributed by atoms with Crippen LogP contribution in [0.5, 0.6) is 0 Å². The molecular formula is C14H15BrN2. The molecule has 17 heavy (non-hydrogen) atoms. The number of anilines is 2. The number of para-hydroxylation sites is 1. The molecule has 0 N–H and O–H groups in total. The van der Waals surface area contributed by atoms with Crippen molar-refractivity contribution in [2.75, 3.05) is 11.4 Å². The summed E-state index contributed by atoms with van der Waals surface area (Å²) < 4.78 is 0. The summed E-state index contributed by atoms with van der Waals surface area (Å²) >= 11 is 3.51. The Morgan fingerprint density at radius 1 is 1.12 bits per heavy atom. The maximum absolute atomic E-state index is 4.49. The average molecular weight is 291 g/mol. The van der Waals surface area contributed by atoms with Crippen LogP contribution >= 0.6 is 15.9 Å². The third kappa shape index (κ3) is 2.67. The molecule has 2 nitrogen and oxygen atoms in total. The van der Waals surface area contributed by atoms with Gasteiger partial charge in [0.25, 0.3) is 0 Å². The summed E-state index contributed by atoms with van der Waals surface area (Å²) in [5.41, 5.74) is 2.38. The van der Waals surface area contributed by atoms with Crippen LogP contribution in [0.2, 0.25) is 0 Å². The molecular weight excluding hydrogens is 276 g/mol. The predicted octanol–water partition coefficient (Wildman–Crippen LogP) is 4.13. The highest BCUT2D eigenvalue weighted by Gasteiger charge is 2.11. The molecule has 0 atom stereocenters. The van der Waals surface area contributed by atoms with E-state index in [0.717, 1.165) is 17.7 Å². The molecule has 0 amide bonds. The number of hydrogen-bond acceptors (Lipinski definition) is 2. The third-order valence-electron chi connectivity index (χ3n) is 2.65. The number of rotatable bonds is 4. The smallest absolute Gasteiger partial charge is 0.136 e. The van der Waals surface area contributed by atoms with Crippen LogP contribution in [0.1, 0.15) is 12.5 Å². The fraction of sp³-hybridized carbons (Fsp3) is 0.214. The maximum Gasteiger partial charge on any atom is 0.136 e. The Labute approximate surface area is 110 Å². The molecule has 1 heterocycles. The van der Waals surface area contributed by atoms with Crippen LogP contribution in [0.15, 0.2) is 48.7 Å². The molecule has 0 aliphatic rings. The lowest BCUT2D eigenvalue weighted by atomic mass is 10.2. The minimum atomic E-state index is 0.819. The second-order valence-corrected chi connectivity index (χ2v) is 4.26. The monoisotopic (exact) mass is 290 g/mol. The highest BCUT2D eigenvalue weighted by Crippen LogP contribution is 2.27. The van der Waals surface area contributed by atoms with Crippen LogP contribution in [0.25, 0.3) is 0 Å². The average Bonchev–Trinajstić information content (AvgIpc) is 2.41. The maximum atomic E-state index is 4.49. The van der Waals surface area contributed by atoms with E-state index >= 15 is 0 Å². The summed E-state index contributed by atoms with van der Waals surface area (Å²) in [6.07, 6.45) is 1.84. The fourth-order valence-corrected chi connectivity index (χ4v) is 2.28. The number of hydrogen-bond donors (Lipinski definition) is 0. The summed E-state index contributed by atoms with van der Waals surface area (Å²) in [6.45, 7) is 3.04. The summed E-state index contributed by atoms with van der Waals surface area (Å²) in [5, 5.41) is 0.819. The van der Waals surface area contributed by atoms with E-state index in [1.165, 1.54) is 11.3 Å². The zero-order chi connectivity index (χ0) is 12.1. The van der Waals surface area contributed by atoms with E-state index in [-0.39, 0.29) is 0 Å². The molecule has 0 bridgehead atoms. The minimum absolute atomic E-state index is 0.819. The Morgan fingerprint density at radius 2 is 1.88 bits per heavy atom. The summed E-state index contributed by atoms with van der Waals surface area (Å²) in [5.74, 6) is 1.03. The van der Waals surface area contributed by atoms with Gasteiger partial charge in [-0.15, -0.1) is 0 Å². The fourth-order valence-electron chi connectivity index (χ4n) is 1.84. The van der Waals surface area contributed by atoms with Crippen molar-refractivity contribution in [2.45, 2.75) is 12.3 Å². The number of alkyl halides is 1. The van der Waals surface area contributed by atoms with E-state index in [1.807, 2.05) is 18.3 Å². The normalized spacial score (nSPS) is 10.2. The van der Waals surface area contributed by atoms with E-state index in [9.17, 15) is 0 Å². The first-order chi connectivity index (χ1) is 8.36. The van der Waals surface area contributed by atoms with Gasteiger partial charge in [0.1, 0.15) is 5.82 Å². The molecule has 3 heteroatoms. The van der Waals surface area contributed by atoms with Crippen molar-refractivity contribution in [1.29, 1.82) is 0 Å². The first kappa shape index (κ1) is 12.1. The lowest BCUT2D eigenvalue weighted by molar-refractivity contribution is 0.978. The van der Waals surface area contributed by atoms with Crippen LogP contribution < -0.4 is 4.90 Å². The molecule has 2 aromatic rings. The molecule has 0 fully saturated rings. The summed E-state index contributed by atoms with van der Waals surface area (Å²) in [6, 6.07) is 14.4. The van der Waals surface area contributed by atoms with E-state index in [2.05, 4.69) is 63.1 Å². The first-order valence-electron chi connectivity index (χ1n) is 5.69. The quantitative estimate of drug-likeness (QED) is 0.787. The minimum Gasteiger partial charge on any atom is -0.326 e.